The van der Waals surface area contributed by atoms with Gasteiger partial charge in [0.05, 0.1) is 24.0 Å². The number of nitrogens with zero attached hydrogens (tertiary/aromatic N) is 5. The highest BCUT2D eigenvalue weighted by Gasteiger charge is 2.48. The van der Waals surface area contributed by atoms with E-state index in [2.05, 4.69) is 30.6 Å². The number of anilines is 2. The Labute approximate surface area is 255 Å². The molecule has 1 atom stereocenters. The normalized spacial score (nSPS) is 20.7. The topological polar surface area (TPSA) is 123 Å². The standard InChI is InChI=1S/C29H34F6N8O2/c1-14-3-6-37-7-8-38-25-19-23(41-27(42-25)44-13-28(4-5-28)12-43-10-16(11-43)24(31)32)21(30)22(40-26(19)45-14)17-9-18(36)39-15(2)20(17)29(33,34)35/h9,14,16,24,37H,3-8,10-13H2,1-2H3,(H2,36,39)(H,38,41,42). The molecule has 1 saturated heterocycles. The van der Waals surface area contributed by atoms with Gasteiger partial charge in [-0.1, -0.05) is 0 Å². The number of nitrogens with two attached hydrogens (primary N) is 1. The maximum absolute atomic E-state index is 16.5. The van der Waals surface area contributed by atoms with Gasteiger partial charge in [-0.05, 0) is 45.7 Å². The summed E-state index contributed by atoms with van der Waals surface area (Å²) < 4.78 is 97.2. The Hall–Kier alpha value is -3.66. The molecule has 45 heavy (non-hydrogen) atoms. The van der Waals surface area contributed by atoms with Crippen LogP contribution in [0, 0.1) is 24.1 Å². The lowest BCUT2D eigenvalue weighted by atomic mass is 9.97. The van der Waals surface area contributed by atoms with Crippen LogP contribution in [-0.2, 0) is 6.18 Å². The van der Waals surface area contributed by atoms with Gasteiger partial charge in [-0.15, -0.1) is 0 Å². The van der Waals surface area contributed by atoms with Crippen LogP contribution in [0.25, 0.3) is 22.2 Å². The third-order valence-electron chi connectivity index (χ3n) is 8.49. The molecule has 0 amide bonds. The molecule has 1 unspecified atom stereocenters. The highest BCUT2D eigenvalue weighted by atomic mass is 19.4. The Morgan fingerprint density at radius 3 is 2.58 bits per heavy atom. The van der Waals surface area contributed by atoms with Crippen molar-refractivity contribution in [2.75, 3.05) is 56.9 Å². The van der Waals surface area contributed by atoms with Crippen molar-refractivity contribution < 1.29 is 35.8 Å². The molecular formula is C29H34F6N8O2. The van der Waals surface area contributed by atoms with E-state index in [9.17, 15) is 22.0 Å². The van der Waals surface area contributed by atoms with Gasteiger partial charge in [-0.25, -0.2) is 23.1 Å². The SMILES string of the molecule is Cc1nc(N)cc(-c2nc3c4c(nc(OCC5(CN6CC(C(F)F)C6)CC5)nc4c2F)NCCNCCC(C)O3)c1C(F)(F)F. The summed E-state index contributed by atoms with van der Waals surface area (Å²) in [5, 5.41) is 6.44. The van der Waals surface area contributed by atoms with Gasteiger partial charge in [0.25, 0.3) is 0 Å². The predicted molar refractivity (Wildman–Crippen MR) is 154 cm³/mol. The molecule has 2 fully saturated rings. The molecule has 5 heterocycles. The summed E-state index contributed by atoms with van der Waals surface area (Å²) in [6.07, 6.45) is -5.52. The van der Waals surface area contributed by atoms with Gasteiger partial charge in [0, 0.05) is 49.6 Å². The van der Waals surface area contributed by atoms with E-state index in [0.29, 0.717) is 45.7 Å². The molecule has 3 aromatic heterocycles. The molecule has 0 spiro atoms. The van der Waals surface area contributed by atoms with Crippen LogP contribution in [0.1, 0.15) is 37.4 Å². The van der Waals surface area contributed by atoms with Crippen molar-refractivity contribution >= 4 is 22.5 Å². The zero-order valence-corrected chi connectivity index (χ0v) is 24.8. The average molecular weight is 641 g/mol. The molecule has 2 aliphatic heterocycles. The van der Waals surface area contributed by atoms with E-state index in [1.54, 1.807) is 6.92 Å². The third-order valence-corrected chi connectivity index (χ3v) is 8.49. The van der Waals surface area contributed by atoms with Gasteiger partial charge < -0.3 is 30.7 Å². The average Bonchev–Trinajstić information content (AvgIpc) is 3.70. The van der Waals surface area contributed by atoms with Crippen molar-refractivity contribution in [2.24, 2.45) is 11.3 Å². The van der Waals surface area contributed by atoms with Crippen molar-refractivity contribution in [2.45, 2.75) is 51.8 Å². The van der Waals surface area contributed by atoms with Crippen molar-refractivity contribution in [3.8, 4) is 23.1 Å². The third kappa shape index (κ3) is 6.52. The Balaban J connectivity index is 1.43. The summed E-state index contributed by atoms with van der Waals surface area (Å²) in [6.45, 7) is 5.78. The molecule has 16 heteroatoms. The molecule has 10 nitrogen and oxygen atoms in total. The number of rotatable bonds is 7. The van der Waals surface area contributed by atoms with E-state index in [4.69, 9.17) is 15.2 Å². The molecule has 3 aromatic rings. The fourth-order valence-electron chi connectivity index (χ4n) is 5.88. The number of aromatic nitrogens is 4. The van der Waals surface area contributed by atoms with Crippen LogP contribution in [0.15, 0.2) is 6.07 Å². The Bertz CT molecular complexity index is 1580. The number of pyridine rings is 2. The Morgan fingerprint density at radius 2 is 1.89 bits per heavy atom. The predicted octanol–water partition coefficient (Wildman–Crippen LogP) is 4.66. The summed E-state index contributed by atoms with van der Waals surface area (Å²) >= 11 is 0. The van der Waals surface area contributed by atoms with E-state index in [-0.39, 0.29) is 46.5 Å². The minimum atomic E-state index is -4.89. The van der Waals surface area contributed by atoms with Crippen LogP contribution < -0.4 is 25.8 Å². The van der Waals surface area contributed by atoms with Gasteiger partial charge in [0.15, 0.2) is 5.82 Å². The van der Waals surface area contributed by atoms with Crippen LogP contribution in [0.2, 0.25) is 0 Å². The number of nitrogens with one attached hydrogen (secondary N) is 2. The number of hydrogen-bond acceptors (Lipinski definition) is 10. The number of aryl methyl sites for hydroxylation is 1. The lowest BCUT2D eigenvalue weighted by molar-refractivity contribution is -0.137. The lowest BCUT2D eigenvalue weighted by Crippen LogP contribution is -2.52. The van der Waals surface area contributed by atoms with Crippen molar-refractivity contribution in [3.63, 3.8) is 0 Å². The van der Waals surface area contributed by atoms with E-state index >= 15 is 4.39 Å². The first kappa shape index (κ1) is 31.3. The molecule has 0 bridgehead atoms. The minimum Gasteiger partial charge on any atom is -0.474 e. The maximum Gasteiger partial charge on any atom is 0.418 e. The second kappa shape index (κ2) is 11.9. The monoisotopic (exact) mass is 640 g/mol. The molecule has 244 valence electrons. The molecule has 4 N–H and O–H groups in total. The maximum atomic E-state index is 16.5. The summed E-state index contributed by atoms with van der Waals surface area (Å²) in [6, 6.07) is 0.742. The smallest absolute Gasteiger partial charge is 0.418 e. The van der Waals surface area contributed by atoms with Crippen molar-refractivity contribution in [1.82, 2.24) is 30.2 Å². The highest BCUT2D eigenvalue weighted by Crippen LogP contribution is 2.48. The molecule has 0 aromatic carbocycles. The largest absolute Gasteiger partial charge is 0.474 e. The number of likely N-dealkylation sites (tertiary alicyclic amines) is 1. The fraction of sp³-hybridized carbons (Fsp3) is 0.586. The second-order valence-corrected chi connectivity index (χ2v) is 12.2. The first-order valence-corrected chi connectivity index (χ1v) is 14.8. The van der Waals surface area contributed by atoms with Crippen LogP contribution in [0.4, 0.5) is 38.0 Å². The number of ether oxygens (including phenoxy) is 2. The van der Waals surface area contributed by atoms with E-state index in [1.807, 2.05) is 4.90 Å². The molecular weight excluding hydrogens is 606 g/mol. The summed E-state index contributed by atoms with van der Waals surface area (Å²) in [7, 11) is 0. The van der Waals surface area contributed by atoms with Crippen LogP contribution in [0.3, 0.4) is 0 Å². The van der Waals surface area contributed by atoms with Crippen LogP contribution in [-0.4, -0.2) is 83.2 Å². The zero-order valence-electron chi connectivity index (χ0n) is 24.8. The second-order valence-electron chi connectivity index (χ2n) is 12.2. The molecule has 6 rings (SSSR count). The van der Waals surface area contributed by atoms with E-state index < -0.39 is 53.0 Å². The molecule has 1 saturated carbocycles. The van der Waals surface area contributed by atoms with Gasteiger partial charge in [-0.2, -0.15) is 23.1 Å². The van der Waals surface area contributed by atoms with Crippen molar-refractivity contribution in [1.29, 1.82) is 0 Å². The first-order chi connectivity index (χ1) is 21.3. The fourth-order valence-corrected chi connectivity index (χ4v) is 5.88. The number of nitrogen functional groups attached to an aromatic ring is 1. The van der Waals surface area contributed by atoms with Crippen LogP contribution >= 0.6 is 0 Å². The summed E-state index contributed by atoms with van der Waals surface area (Å²) in [5.41, 5.74) is 2.35. The molecule has 0 radical (unpaired) electrons. The van der Waals surface area contributed by atoms with Gasteiger partial charge in [0.1, 0.15) is 28.2 Å². The van der Waals surface area contributed by atoms with E-state index in [0.717, 1.165) is 25.8 Å². The van der Waals surface area contributed by atoms with Crippen LogP contribution in [0.5, 0.6) is 11.9 Å². The minimum absolute atomic E-state index is 0.0596. The summed E-state index contributed by atoms with van der Waals surface area (Å²) in [4.78, 5) is 18.8. The number of alkyl halides is 5. The quantitative estimate of drug-likeness (QED) is 0.314. The highest BCUT2D eigenvalue weighted by molar-refractivity contribution is 5.96. The Kier molecular flexibility index (Phi) is 8.31. The van der Waals surface area contributed by atoms with Crippen molar-refractivity contribution in [3.05, 3.63) is 23.1 Å². The number of hydrogen-bond donors (Lipinski definition) is 3. The molecule has 1 aliphatic carbocycles. The van der Waals surface area contributed by atoms with E-state index in [1.165, 1.54) is 0 Å². The molecule has 3 aliphatic rings. The van der Waals surface area contributed by atoms with Gasteiger partial charge in [0.2, 0.25) is 12.3 Å². The zero-order chi connectivity index (χ0) is 32.1. The lowest BCUT2D eigenvalue weighted by Gasteiger charge is -2.40. The number of halogens is 6. The Morgan fingerprint density at radius 1 is 1.13 bits per heavy atom. The first-order valence-electron chi connectivity index (χ1n) is 14.8. The van der Waals surface area contributed by atoms with Gasteiger partial charge in [-0.3, -0.25) is 0 Å². The summed E-state index contributed by atoms with van der Waals surface area (Å²) in [5.74, 6) is -2.00. The van der Waals surface area contributed by atoms with Gasteiger partial charge >= 0.3 is 12.2 Å².